The van der Waals surface area contributed by atoms with Gasteiger partial charge in [-0.25, -0.2) is 0 Å². The minimum absolute atomic E-state index is 0.348. The standard InChI is InChI=1S/C5H8N2O2/c6-5(8)4-2-1-3-9-7-4/h2,7H,1,3H2,(H2,6,8). The zero-order valence-corrected chi connectivity index (χ0v) is 4.89. The number of carbonyl (C=O) groups is 1. The number of carbonyl (C=O) groups excluding carboxylic acids is 1. The third-order valence-electron chi connectivity index (χ3n) is 1.02. The third kappa shape index (κ3) is 1.43. The van der Waals surface area contributed by atoms with Crippen LogP contribution in [0.1, 0.15) is 6.42 Å². The Morgan fingerprint density at radius 3 is 3.00 bits per heavy atom. The lowest BCUT2D eigenvalue weighted by atomic mass is 10.3. The lowest BCUT2D eigenvalue weighted by Crippen LogP contribution is -2.29. The van der Waals surface area contributed by atoms with Gasteiger partial charge in [0, 0.05) is 0 Å². The molecule has 0 aromatic carbocycles. The smallest absolute Gasteiger partial charge is 0.266 e. The third-order valence-corrected chi connectivity index (χ3v) is 1.02. The molecule has 1 amide bonds. The van der Waals surface area contributed by atoms with E-state index in [-0.39, 0.29) is 0 Å². The first-order chi connectivity index (χ1) is 4.30. The highest BCUT2D eigenvalue weighted by Crippen LogP contribution is 1.97. The topological polar surface area (TPSA) is 64.4 Å². The molecule has 1 aliphatic rings. The Labute approximate surface area is 52.6 Å². The zero-order valence-electron chi connectivity index (χ0n) is 4.89. The van der Waals surface area contributed by atoms with E-state index in [1.165, 1.54) is 0 Å². The van der Waals surface area contributed by atoms with Crippen LogP contribution in [0.5, 0.6) is 0 Å². The van der Waals surface area contributed by atoms with Crippen LogP contribution >= 0.6 is 0 Å². The first-order valence-corrected chi connectivity index (χ1v) is 2.68. The molecule has 0 fully saturated rings. The van der Waals surface area contributed by atoms with Gasteiger partial charge in [-0.1, -0.05) is 6.08 Å². The van der Waals surface area contributed by atoms with Crippen molar-refractivity contribution in [3.05, 3.63) is 11.8 Å². The molecule has 0 spiro atoms. The number of hydrogen-bond acceptors (Lipinski definition) is 3. The molecule has 1 heterocycles. The van der Waals surface area contributed by atoms with E-state index in [9.17, 15) is 4.79 Å². The van der Waals surface area contributed by atoms with Gasteiger partial charge in [-0.15, -0.1) is 0 Å². The maximum absolute atomic E-state index is 10.4. The van der Waals surface area contributed by atoms with Crippen LogP contribution in [0.25, 0.3) is 0 Å². The summed E-state index contributed by atoms with van der Waals surface area (Å²) in [6, 6.07) is 0. The summed E-state index contributed by atoms with van der Waals surface area (Å²) in [5.41, 5.74) is 7.67. The van der Waals surface area contributed by atoms with Gasteiger partial charge >= 0.3 is 0 Å². The molecule has 4 heteroatoms. The summed E-state index contributed by atoms with van der Waals surface area (Å²) in [4.78, 5) is 15.1. The fraction of sp³-hybridized carbons (Fsp3) is 0.400. The van der Waals surface area contributed by atoms with Crippen LogP contribution < -0.4 is 11.2 Å². The first kappa shape index (κ1) is 6.10. The summed E-state index contributed by atoms with van der Waals surface area (Å²) in [6.45, 7) is 0.594. The Hall–Kier alpha value is -1.03. The van der Waals surface area contributed by atoms with Crippen LogP contribution in [0.4, 0.5) is 0 Å². The second-order valence-electron chi connectivity index (χ2n) is 1.72. The molecule has 0 saturated carbocycles. The highest BCUT2D eigenvalue weighted by molar-refractivity contribution is 5.91. The molecule has 0 atom stereocenters. The van der Waals surface area contributed by atoms with Gasteiger partial charge in [0.1, 0.15) is 5.70 Å². The number of rotatable bonds is 1. The van der Waals surface area contributed by atoms with Gasteiger partial charge in [-0.3, -0.25) is 15.1 Å². The number of primary amides is 1. The average molecular weight is 128 g/mol. The fourth-order valence-corrected chi connectivity index (χ4v) is 0.584. The molecule has 0 aromatic rings. The van der Waals surface area contributed by atoms with Crippen molar-refractivity contribution >= 4 is 5.91 Å². The normalized spacial score (nSPS) is 18.0. The second kappa shape index (κ2) is 2.50. The Balaban J connectivity index is 2.57. The second-order valence-corrected chi connectivity index (χ2v) is 1.72. The Morgan fingerprint density at radius 2 is 2.67 bits per heavy atom. The monoisotopic (exact) mass is 128 g/mol. The predicted molar refractivity (Wildman–Crippen MR) is 31.0 cm³/mol. The van der Waals surface area contributed by atoms with Gasteiger partial charge in [0.15, 0.2) is 0 Å². The van der Waals surface area contributed by atoms with Crippen molar-refractivity contribution in [1.82, 2.24) is 5.48 Å². The molecule has 9 heavy (non-hydrogen) atoms. The van der Waals surface area contributed by atoms with Crippen LogP contribution in [0.3, 0.4) is 0 Å². The highest BCUT2D eigenvalue weighted by atomic mass is 16.6. The van der Waals surface area contributed by atoms with Crippen LogP contribution in [-0.2, 0) is 9.63 Å². The van der Waals surface area contributed by atoms with Crippen LogP contribution in [0, 0.1) is 0 Å². The lowest BCUT2D eigenvalue weighted by molar-refractivity contribution is -0.116. The van der Waals surface area contributed by atoms with Crippen molar-refractivity contribution < 1.29 is 9.63 Å². The number of nitrogens with one attached hydrogen (secondary N) is 1. The summed E-state index contributed by atoms with van der Waals surface area (Å²) in [7, 11) is 0. The summed E-state index contributed by atoms with van der Waals surface area (Å²) >= 11 is 0. The van der Waals surface area contributed by atoms with E-state index in [0.29, 0.717) is 12.3 Å². The first-order valence-electron chi connectivity index (χ1n) is 2.68. The minimum Gasteiger partial charge on any atom is -0.364 e. The quantitative estimate of drug-likeness (QED) is 0.490. The van der Waals surface area contributed by atoms with Gasteiger partial charge < -0.3 is 5.73 Å². The van der Waals surface area contributed by atoms with Crippen LogP contribution in [-0.4, -0.2) is 12.5 Å². The van der Waals surface area contributed by atoms with E-state index in [1.54, 1.807) is 6.08 Å². The molecule has 3 N–H and O–H groups in total. The van der Waals surface area contributed by atoms with E-state index in [2.05, 4.69) is 5.48 Å². The number of amides is 1. The van der Waals surface area contributed by atoms with Gasteiger partial charge in [0.25, 0.3) is 5.91 Å². The molecule has 1 aliphatic heterocycles. The van der Waals surface area contributed by atoms with E-state index < -0.39 is 5.91 Å². The van der Waals surface area contributed by atoms with Gasteiger partial charge in [0.2, 0.25) is 0 Å². The lowest BCUT2D eigenvalue weighted by Gasteiger charge is -2.11. The Morgan fingerprint density at radius 1 is 1.89 bits per heavy atom. The van der Waals surface area contributed by atoms with Crippen molar-refractivity contribution in [2.24, 2.45) is 5.73 Å². The number of hydrogen-bond donors (Lipinski definition) is 2. The fourth-order valence-electron chi connectivity index (χ4n) is 0.584. The van der Waals surface area contributed by atoms with Gasteiger partial charge in [-0.05, 0) is 6.42 Å². The maximum atomic E-state index is 10.4. The summed E-state index contributed by atoms with van der Waals surface area (Å²) in [6.07, 6.45) is 2.46. The maximum Gasteiger partial charge on any atom is 0.266 e. The Kier molecular flexibility index (Phi) is 1.69. The molecule has 1 rings (SSSR count). The van der Waals surface area contributed by atoms with Crippen molar-refractivity contribution in [3.63, 3.8) is 0 Å². The molecular weight excluding hydrogens is 120 g/mol. The zero-order chi connectivity index (χ0) is 6.69. The van der Waals surface area contributed by atoms with E-state index in [0.717, 1.165) is 6.42 Å². The Bertz CT molecular complexity index is 153. The van der Waals surface area contributed by atoms with E-state index in [4.69, 9.17) is 10.6 Å². The molecular formula is C5H8N2O2. The van der Waals surface area contributed by atoms with Crippen molar-refractivity contribution in [2.75, 3.05) is 6.61 Å². The molecule has 4 nitrogen and oxygen atoms in total. The SMILES string of the molecule is NC(=O)C1=CCCON1. The summed E-state index contributed by atoms with van der Waals surface area (Å²) in [5.74, 6) is -0.477. The molecule has 0 saturated heterocycles. The van der Waals surface area contributed by atoms with E-state index in [1.807, 2.05) is 0 Å². The highest BCUT2D eigenvalue weighted by Gasteiger charge is 2.06. The van der Waals surface area contributed by atoms with Crippen molar-refractivity contribution in [2.45, 2.75) is 6.42 Å². The van der Waals surface area contributed by atoms with Crippen LogP contribution in [0.2, 0.25) is 0 Å². The predicted octanol–water partition coefficient (Wildman–Crippen LogP) is -0.720. The van der Waals surface area contributed by atoms with Crippen molar-refractivity contribution in [3.8, 4) is 0 Å². The average Bonchev–Trinajstić information content (AvgIpc) is 1.90. The van der Waals surface area contributed by atoms with Gasteiger partial charge in [0.05, 0.1) is 6.61 Å². The summed E-state index contributed by atoms with van der Waals surface area (Å²) < 4.78 is 0. The summed E-state index contributed by atoms with van der Waals surface area (Å²) in [5, 5.41) is 0. The molecule has 0 aliphatic carbocycles. The molecule has 0 bridgehead atoms. The van der Waals surface area contributed by atoms with E-state index >= 15 is 0 Å². The minimum atomic E-state index is -0.477. The number of nitrogens with two attached hydrogens (primary N) is 1. The van der Waals surface area contributed by atoms with Gasteiger partial charge in [-0.2, -0.15) is 0 Å². The molecule has 0 unspecified atom stereocenters. The molecule has 0 aromatic heterocycles. The number of hydroxylamine groups is 1. The molecule has 50 valence electrons. The molecule has 0 radical (unpaired) electrons. The van der Waals surface area contributed by atoms with Crippen LogP contribution in [0.15, 0.2) is 11.8 Å². The largest absolute Gasteiger partial charge is 0.364 e. The van der Waals surface area contributed by atoms with Crippen molar-refractivity contribution in [1.29, 1.82) is 0 Å².